The molecule has 2 heterocycles. The molecule has 0 spiro atoms. The zero-order valence-electron chi connectivity index (χ0n) is 17.6. The van der Waals surface area contributed by atoms with Gasteiger partial charge in [-0.3, -0.25) is 25.1 Å². The molecule has 4 amide bonds. The molecule has 1 aromatic carbocycles. The second kappa shape index (κ2) is 9.36. The second-order valence-corrected chi connectivity index (χ2v) is 9.87. The summed E-state index contributed by atoms with van der Waals surface area (Å²) in [7, 11) is 3.17. The average Bonchev–Trinajstić information content (AvgIpc) is 3.27. The van der Waals surface area contributed by atoms with Crippen molar-refractivity contribution in [2.45, 2.75) is 49.4 Å². The third-order valence-electron chi connectivity index (χ3n) is 6.29. The van der Waals surface area contributed by atoms with Crippen LogP contribution in [0.1, 0.15) is 37.4 Å². The fourth-order valence-electron chi connectivity index (χ4n) is 4.59. The SMILES string of the molecule is CN1C(=O)C2C(SCC(=O)NC3CCCC3)NC(c3ccccc3Cl)NC2N(C)C1=O. The minimum absolute atomic E-state index is 0.0240. The van der Waals surface area contributed by atoms with Crippen LogP contribution in [-0.4, -0.2) is 65.1 Å². The molecule has 31 heavy (non-hydrogen) atoms. The van der Waals surface area contributed by atoms with Crippen molar-refractivity contribution in [2.24, 2.45) is 5.92 Å². The predicted molar refractivity (Wildman–Crippen MR) is 120 cm³/mol. The molecule has 4 unspecified atom stereocenters. The second-order valence-electron chi connectivity index (χ2n) is 8.33. The molecule has 1 saturated carbocycles. The first kappa shape index (κ1) is 22.4. The first-order valence-corrected chi connectivity index (χ1v) is 12.0. The van der Waals surface area contributed by atoms with Crippen molar-refractivity contribution in [1.82, 2.24) is 25.8 Å². The smallest absolute Gasteiger partial charge is 0.327 e. The highest BCUT2D eigenvalue weighted by Crippen LogP contribution is 2.35. The number of benzene rings is 1. The van der Waals surface area contributed by atoms with Gasteiger partial charge in [-0.05, 0) is 18.9 Å². The van der Waals surface area contributed by atoms with Gasteiger partial charge in [-0.1, -0.05) is 42.6 Å². The van der Waals surface area contributed by atoms with Crippen molar-refractivity contribution in [3.05, 3.63) is 34.9 Å². The Kier molecular flexibility index (Phi) is 6.76. The van der Waals surface area contributed by atoms with E-state index in [4.69, 9.17) is 11.6 Å². The summed E-state index contributed by atoms with van der Waals surface area (Å²) in [6.07, 6.45) is 3.48. The lowest BCUT2D eigenvalue weighted by Crippen LogP contribution is -2.72. The number of imide groups is 1. The lowest BCUT2D eigenvalue weighted by atomic mass is 9.96. The van der Waals surface area contributed by atoms with Crippen molar-refractivity contribution in [1.29, 1.82) is 0 Å². The van der Waals surface area contributed by atoms with E-state index in [0.717, 1.165) is 36.1 Å². The molecule has 4 rings (SSSR count). The average molecular weight is 466 g/mol. The molecule has 1 aromatic rings. The molecule has 4 atom stereocenters. The van der Waals surface area contributed by atoms with Gasteiger partial charge in [0.15, 0.2) is 0 Å². The Labute approximate surface area is 191 Å². The molecule has 10 heteroatoms. The number of nitrogens with one attached hydrogen (secondary N) is 3. The van der Waals surface area contributed by atoms with Crippen molar-refractivity contribution in [3.8, 4) is 0 Å². The minimum Gasteiger partial charge on any atom is -0.353 e. The van der Waals surface area contributed by atoms with Gasteiger partial charge in [0.05, 0.1) is 29.4 Å². The number of nitrogens with zero attached hydrogens (tertiary/aromatic N) is 2. The van der Waals surface area contributed by atoms with Gasteiger partial charge in [0, 0.05) is 30.7 Å². The third kappa shape index (κ3) is 4.55. The van der Waals surface area contributed by atoms with E-state index >= 15 is 0 Å². The summed E-state index contributed by atoms with van der Waals surface area (Å²) in [6.45, 7) is 0. The lowest BCUT2D eigenvalue weighted by molar-refractivity contribution is -0.140. The number of halogens is 1. The van der Waals surface area contributed by atoms with Gasteiger partial charge in [0.1, 0.15) is 0 Å². The van der Waals surface area contributed by atoms with Gasteiger partial charge >= 0.3 is 6.03 Å². The molecule has 0 bridgehead atoms. The van der Waals surface area contributed by atoms with E-state index in [0.29, 0.717) is 5.02 Å². The molecule has 3 N–H and O–H groups in total. The molecular weight excluding hydrogens is 438 g/mol. The largest absolute Gasteiger partial charge is 0.353 e. The molecule has 3 aliphatic rings. The van der Waals surface area contributed by atoms with E-state index in [1.54, 1.807) is 18.0 Å². The summed E-state index contributed by atoms with van der Waals surface area (Å²) in [5, 5.41) is 10.1. The summed E-state index contributed by atoms with van der Waals surface area (Å²) in [6, 6.07) is 7.35. The first-order valence-electron chi connectivity index (χ1n) is 10.6. The Hall–Kier alpha value is -1.81. The van der Waals surface area contributed by atoms with Crippen LogP contribution in [0.4, 0.5) is 4.79 Å². The number of thioether (sulfide) groups is 1. The van der Waals surface area contributed by atoms with Gasteiger partial charge < -0.3 is 10.2 Å². The monoisotopic (exact) mass is 465 g/mol. The van der Waals surface area contributed by atoms with E-state index in [1.807, 2.05) is 18.2 Å². The number of carbonyl (C=O) groups is 3. The normalized spacial score (nSPS) is 29.3. The standard InChI is InChI=1S/C21H28ClN5O3S/c1-26-18-16(20(29)27(2)21(26)30)19(31-11-15(28)23-12-7-3-4-8-12)25-17(24-18)13-9-5-6-10-14(13)22/h5-6,9-10,12,16-19,24-25H,3-4,7-8,11H2,1-2H3,(H,23,28). The fraction of sp³-hybridized carbons (Fsp3) is 0.571. The number of carbonyl (C=O) groups excluding carboxylic acids is 3. The summed E-state index contributed by atoms with van der Waals surface area (Å²) < 4.78 is 0. The summed E-state index contributed by atoms with van der Waals surface area (Å²) in [5.74, 6) is -0.583. The van der Waals surface area contributed by atoms with Gasteiger partial charge in [-0.15, -0.1) is 11.8 Å². The molecule has 8 nitrogen and oxygen atoms in total. The van der Waals surface area contributed by atoms with E-state index in [9.17, 15) is 14.4 Å². The number of urea groups is 1. The van der Waals surface area contributed by atoms with Crippen LogP contribution in [0, 0.1) is 5.92 Å². The molecule has 3 fully saturated rings. The Balaban J connectivity index is 1.54. The van der Waals surface area contributed by atoms with Gasteiger partial charge in [-0.25, -0.2) is 4.79 Å². The minimum atomic E-state index is -0.532. The van der Waals surface area contributed by atoms with Gasteiger partial charge in [-0.2, -0.15) is 0 Å². The summed E-state index contributed by atoms with van der Waals surface area (Å²) in [5.41, 5.74) is 0.829. The highest BCUT2D eigenvalue weighted by molar-refractivity contribution is 8.00. The Morgan fingerprint density at radius 3 is 2.61 bits per heavy atom. The highest BCUT2D eigenvalue weighted by Gasteiger charge is 2.51. The Bertz CT molecular complexity index is 865. The zero-order chi connectivity index (χ0) is 22.1. The molecule has 0 aromatic heterocycles. The zero-order valence-corrected chi connectivity index (χ0v) is 19.2. The Morgan fingerprint density at radius 2 is 1.90 bits per heavy atom. The molecule has 168 valence electrons. The van der Waals surface area contributed by atoms with E-state index in [-0.39, 0.29) is 41.2 Å². The summed E-state index contributed by atoms with van der Waals surface area (Å²) in [4.78, 5) is 40.8. The molecule has 0 radical (unpaired) electrons. The van der Waals surface area contributed by atoms with E-state index in [1.165, 1.54) is 18.8 Å². The number of hydrogen-bond acceptors (Lipinski definition) is 6. The summed E-state index contributed by atoms with van der Waals surface area (Å²) >= 11 is 7.81. The van der Waals surface area contributed by atoms with E-state index < -0.39 is 12.1 Å². The quantitative estimate of drug-likeness (QED) is 0.616. The van der Waals surface area contributed by atoms with Crippen molar-refractivity contribution in [2.75, 3.05) is 19.8 Å². The van der Waals surface area contributed by atoms with Crippen molar-refractivity contribution < 1.29 is 14.4 Å². The van der Waals surface area contributed by atoms with Crippen LogP contribution >= 0.6 is 23.4 Å². The van der Waals surface area contributed by atoms with Crippen LogP contribution in [-0.2, 0) is 9.59 Å². The topological polar surface area (TPSA) is 93.8 Å². The van der Waals surface area contributed by atoms with Gasteiger partial charge in [0.25, 0.3) is 0 Å². The van der Waals surface area contributed by atoms with Gasteiger partial charge in [0.2, 0.25) is 11.8 Å². The van der Waals surface area contributed by atoms with Crippen molar-refractivity contribution in [3.63, 3.8) is 0 Å². The van der Waals surface area contributed by atoms with Crippen LogP contribution in [0.5, 0.6) is 0 Å². The molecule has 1 aliphatic carbocycles. The third-order valence-corrected chi connectivity index (χ3v) is 7.85. The first-order chi connectivity index (χ1) is 14.9. The number of rotatable bonds is 5. The Morgan fingerprint density at radius 1 is 1.19 bits per heavy atom. The van der Waals surface area contributed by atoms with Crippen molar-refractivity contribution >= 4 is 41.2 Å². The fourth-order valence-corrected chi connectivity index (χ4v) is 5.96. The number of amides is 4. The molecule has 2 aliphatic heterocycles. The maximum Gasteiger partial charge on any atom is 0.327 e. The maximum absolute atomic E-state index is 13.0. The number of hydrogen-bond donors (Lipinski definition) is 3. The number of fused-ring (bicyclic) bond motifs is 1. The van der Waals surface area contributed by atoms with Crippen LogP contribution in [0.2, 0.25) is 5.02 Å². The highest BCUT2D eigenvalue weighted by atomic mass is 35.5. The predicted octanol–water partition coefficient (Wildman–Crippen LogP) is 2.12. The van der Waals surface area contributed by atoms with E-state index in [2.05, 4.69) is 16.0 Å². The lowest BCUT2D eigenvalue weighted by Gasteiger charge is -2.50. The van der Waals surface area contributed by atoms with Crippen LogP contribution < -0.4 is 16.0 Å². The van der Waals surface area contributed by atoms with Crippen LogP contribution in [0.3, 0.4) is 0 Å². The van der Waals surface area contributed by atoms with Crippen LogP contribution in [0.15, 0.2) is 24.3 Å². The molecule has 2 saturated heterocycles. The van der Waals surface area contributed by atoms with Crippen LogP contribution in [0.25, 0.3) is 0 Å². The maximum atomic E-state index is 13.0. The molecular formula is C21H28ClN5O3S.